The molecule has 1 aromatic carbocycles. The summed E-state index contributed by atoms with van der Waals surface area (Å²) in [5.41, 5.74) is 1.71. The van der Waals surface area contributed by atoms with Crippen molar-refractivity contribution in [2.75, 3.05) is 0 Å². The van der Waals surface area contributed by atoms with Gasteiger partial charge in [-0.2, -0.15) is 0 Å². The van der Waals surface area contributed by atoms with Gasteiger partial charge in [-0.3, -0.25) is 9.59 Å². The smallest absolute Gasteiger partial charge is 0.306 e. The molecule has 1 aromatic heterocycles. The number of esters is 1. The van der Waals surface area contributed by atoms with Crippen LogP contribution >= 0.6 is 11.8 Å². The number of hydrogen-bond donors (Lipinski definition) is 1. The molecule has 0 aliphatic heterocycles. The van der Waals surface area contributed by atoms with Gasteiger partial charge in [-0.25, -0.2) is 4.98 Å². The first-order valence-electron chi connectivity index (χ1n) is 6.39. The van der Waals surface area contributed by atoms with E-state index in [2.05, 4.69) is 9.97 Å². The first-order chi connectivity index (χ1) is 9.54. The number of benzene rings is 1. The molecule has 0 fully saturated rings. The summed E-state index contributed by atoms with van der Waals surface area (Å²) in [6.45, 7) is 3.56. The van der Waals surface area contributed by atoms with E-state index in [-0.39, 0.29) is 30.0 Å². The van der Waals surface area contributed by atoms with Crippen molar-refractivity contribution >= 4 is 33.9 Å². The van der Waals surface area contributed by atoms with Crippen molar-refractivity contribution in [2.24, 2.45) is 0 Å². The number of nitrogens with one attached hydrogen (secondary N) is 1. The van der Waals surface area contributed by atoms with Gasteiger partial charge in [0.05, 0.1) is 23.6 Å². The highest BCUT2D eigenvalue weighted by atomic mass is 32.2. The zero-order chi connectivity index (χ0) is 14.5. The highest BCUT2D eigenvalue weighted by Gasteiger charge is 2.12. The third-order valence-corrected chi connectivity index (χ3v) is 3.30. The van der Waals surface area contributed by atoms with E-state index in [1.165, 1.54) is 0 Å². The van der Waals surface area contributed by atoms with Crippen LogP contribution in [0.25, 0.3) is 11.0 Å². The maximum atomic E-state index is 11.8. The number of aromatic nitrogens is 2. The molecule has 0 atom stereocenters. The molecule has 0 spiro atoms. The van der Waals surface area contributed by atoms with Crippen molar-refractivity contribution in [1.82, 2.24) is 9.97 Å². The number of imidazole rings is 1. The van der Waals surface area contributed by atoms with E-state index in [9.17, 15) is 9.59 Å². The van der Waals surface area contributed by atoms with Crippen LogP contribution in [0, 0.1) is 0 Å². The van der Waals surface area contributed by atoms with Crippen molar-refractivity contribution in [3.05, 3.63) is 24.3 Å². The van der Waals surface area contributed by atoms with Crippen LogP contribution in [0.2, 0.25) is 0 Å². The first kappa shape index (κ1) is 14.6. The summed E-state index contributed by atoms with van der Waals surface area (Å²) < 4.78 is 4.97. The number of aromatic amines is 1. The van der Waals surface area contributed by atoms with Crippen LogP contribution in [0.3, 0.4) is 0 Å². The molecule has 5 nitrogen and oxygen atoms in total. The SMILES string of the molecule is CC(C)OC(=O)CCC(=O)Sc1nc2ccccc2[nH]1. The zero-order valence-corrected chi connectivity index (χ0v) is 12.2. The molecule has 1 heterocycles. The van der Waals surface area contributed by atoms with E-state index < -0.39 is 0 Å². The lowest BCUT2D eigenvalue weighted by Gasteiger charge is -2.06. The fraction of sp³-hybridized carbons (Fsp3) is 0.357. The molecule has 0 saturated heterocycles. The van der Waals surface area contributed by atoms with Crippen LogP contribution in [0.5, 0.6) is 0 Å². The Morgan fingerprint density at radius 2 is 2.05 bits per heavy atom. The Bertz CT molecular complexity index is 589. The lowest BCUT2D eigenvalue weighted by Crippen LogP contribution is -2.12. The van der Waals surface area contributed by atoms with Gasteiger partial charge in [-0.05, 0) is 37.7 Å². The van der Waals surface area contributed by atoms with E-state index in [1.54, 1.807) is 13.8 Å². The van der Waals surface area contributed by atoms with Gasteiger partial charge >= 0.3 is 5.97 Å². The molecule has 0 unspecified atom stereocenters. The minimum Gasteiger partial charge on any atom is -0.463 e. The molecule has 0 amide bonds. The summed E-state index contributed by atoms with van der Waals surface area (Å²) in [5, 5.41) is 0.443. The highest BCUT2D eigenvalue weighted by Crippen LogP contribution is 2.21. The molecule has 0 bridgehead atoms. The summed E-state index contributed by atoms with van der Waals surface area (Å²) >= 11 is 1.02. The lowest BCUT2D eigenvalue weighted by molar-refractivity contribution is -0.148. The summed E-state index contributed by atoms with van der Waals surface area (Å²) in [5.74, 6) is -0.349. The topological polar surface area (TPSA) is 72.1 Å². The maximum Gasteiger partial charge on any atom is 0.306 e. The highest BCUT2D eigenvalue weighted by molar-refractivity contribution is 8.13. The molecular weight excluding hydrogens is 276 g/mol. The molecule has 2 aromatic rings. The van der Waals surface area contributed by atoms with Crippen molar-refractivity contribution in [3.8, 4) is 0 Å². The molecule has 1 N–H and O–H groups in total. The van der Waals surface area contributed by atoms with Crippen LogP contribution in [0.4, 0.5) is 0 Å². The Morgan fingerprint density at radius 1 is 1.30 bits per heavy atom. The summed E-state index contributed by atoms with van der Waals surface area (Å²) in [6.07, 6.45) is 0.0953. The third-order valence-electron chi connectivity index (χ3n) is 2.48. The van der Waals surface area contributed by atoms with Crippen LogP contribution in [0.1, 0.15) is 26.7 Å². The average molecular weight is 292 g/mol. The number of thioether (sulfide) groups is 1. The number of rotatable bonds is 5. The van der Waals surface area contributed by atoms with Crippen molar-refractivity contribution in [1.29, 1.82) is 0 Å². The maximum absolute atomic E-state index is 11.8. The Kier molecular flexibility index (Phi) is 4.79. The van der Waals surface area contributed by atoms with Gasteiger partial charge in [0.2, 0.25) is 0 Å². The Morgan fingerprint density at radius 3 is 2.75 bits per heavy atom. The molecule has 2 rings (SSSR count). The number of para-hydroxylation sites is 2. The van der Waals surface area contributed by atoms with Crippen molar-refractivity contribution < 1.29 is 14.3 Å². The number of carbonyl (C=O) groups is 2. The fourth-order valence-corrected chi connectivity index (χ4v) is 2.39. The predicted octanol–water partition coefficient (Wildman–Crippen LogP) is 2.91. The van der Waals surface area contributed by atoms with Gasteiger partial charge in [-0.1, -0.05) is 12.1 Å². The van der Waals surface area contributed by atoms with E-state index in [4.69, 9.17) is 4.74 Å². The van der Waals surface area contributed by atoms with Crippen molar-refractivity contribution in [2.45, 2.75) is 37.9 Å². The van der Waals surface area contributed by atoms with Crippen LogP contribution in [-0.4, -0.2) is 27.2 Å². The van der Waals surface area contributed by atoms with Crippen LogP contribution in [0.15, 0.2) is 29.4 Å². The minimum atomic E-state index is -0.349. The number of hydrogen-bond acceptors (Lipinski definition) is 5. The Balaban J connectivity index is 1.86. The zero-order valence-electron chi connectivity index (χ0n) is 11.4. The van der Waals surface area contributed by atoms with E-state index in [1.807, 2.05) is 24.3 Å². The largest absolute Gasteiger partial charge is 0.463 e. The number of H-pyrrole nitrogens is 1. The number of ether oxygens (including phenoxy) is 1. The first-order valence-corrected chi connectivity index (χ1v) is 7.21. The molecule has 20 heavy (non-hydrogen) atoms. The lowest BCUT2D eigenvalue weighted by atomic mass is 10.3. The van der Waals surface area contributed by atoms with Gasteiger partial charge < -0.3 is 9.72 Å². The number of nitrogens with zero attached hydrogens (tertiary/aromatic N) is 1. The van der Waals surface area contributed by atoms with E-state index in [0.717, 1.165) is 22.8 Å². The van der Waals surface area contributed by atoms with Crippen molar-refractivity contribution in [3.63, 3.8) is 0 Å². The predicted molar refractivity (Wildman–Crippen MR) is 77.4 cm³/mol. The Hall–Kier alpha value is -1.82. The fourth-order valence-electron chi connectivity index (χ4n) is 1.66. The quantitative estimate of drug-likeness (QED) is 0.677. The van der Waals surface area contributed by atoms with Gasteiger partial charge in [0, 0.05) is 6.42 Å². The monoisotopic (exact) mass is 292 g/mol. The summed E-state index contributed by atoms with van der Waals surface area (Å²) in [7, 11) is 0. The molecule has 106 valence electrons. The molecule has 6 heteroatoms. The Labute approximate surface area is 121 Å². The summed E-state index contributed by atoms with van der Waals surface area (Å²) in [6, 6.07) is 7.57. The molecule has 0 radical (unpaired) electrons. The molecule has 0 aliphatic rings. The third kappa shape index (κ3) is 4.09. The van der Waals surface area contributed by atoms with Gasteiger partial charge in [0.15, 0.2) is 10.3 Å². The average Bonchev–Trinajstić information content (AvgIpc) is 2.77. The van der Waals surface area contributed by atoms with E-state index in [0.29, 0.717) is 5.16 Å². The standard InChI is InChI=1S/C14H16N2O3S/c1-9(2)19-12(17)7-8-13(18)20-14-15-10-5-3-4-6-11(10)16-14/h3-6,9H,7-8H2,1-2H3,(H,15,16). The van der Waals surface area contributed by atoms with Crippen LogP contribution in [-0.2, 0) is 14.3 Å². The van der Waals surface area contributed by atoms with Gasteiger partial charge in [0.1, 0.15) is 0 Å². The normalized spacial score (nSPS) is 10.9. The second kappa shape index (κ2) is 6.56. The summed E-state index contributed by atoms with van der Waals surface area (Å²) in [4.78, 5) is 30.5. The number of carbonyl (C=O) groups excluding carboxylic acids is 2. The minimum absolute atomic E-state index is 0.101. The second-order valence-electron chi connectivity index (χ2n) is 4.57. The molecular formula is C14H16N2O3S. The van der Waals surface area contributed by atoms with Gasteiger partial charge in [-0.15, -0.1) is 0 Å². The molecule has 0 saturated carbocycles. The second-order valence-corrected chi connectivity index (χ2v) is 5.62. The van der Waals surface area contributed by atoms with Crippen LogP contribution < -0.4 is 0 Å². The van der Waals surface area contributed by atoms with Gasteiger partial charge in [0.25, 0.3) is 0 Å². The number of fused-ring (bicyclic) bond motifs is 1. The molecule has 0 aliphatic carbocycles. The van der Waals surface area contributed by atoms with E-state index >= 15 is 0 Å².